The Labute approximate surface area is 122 Å². The second-order valence-corrected chi connectivity index (χ2v) is 5.45. The predicted octanol–water partition coefficient (Wildman–Crippen LogP) is 3.57. The highest BCUT2D eigenvalue weighted by molar-refractivity contribution is 7.13. The quantitative estimate of drug-likeness (QED) is 0.875. The van der Waals surface area contributed by atoms with Gasteiger partial charge in [0.1, 0.15) is 10.6 Å². The Morgan fingerprint density at radius 1 is 1.25 bits per heavy atom. The van der Waals surface area contributed by atoms with Crippen molar-refractivity contribution in [3.05, 3.63) is 34.5 Å². The van der Waals surface area contributed by atoms with E-state index in [0.717, 1.165) is 16.9 Å². The van der Waals surface area contributed by atoms with Gasteiger partial charge < -0.3 is 15.2 Å². The predicted molar refractivity (Wildman–Crippen MR) is 81.3 cm³/mol. The number of rotatable bonds is 4. The largest absolute Gasteiger partial charge is 0.491 e. The summed E-state index contributed by atoms with van der Waals surface area (Å²) in [6, 6.07) is 7.64. The number of hydrogen-bond acceptors (Lipinski definition) is 5. The van der Waals surface area contributed by atoms with E-state index in [0.29, 0.717) is 10.6 Å². The zero-order valence-corrected chi connectivity index (χ0v) is 12.5. The average Bonchev–Trinajstić information content (AvgIpc) is 2.80. The number of nitrogens with two attached hydrogens (primary N) is 1. The number of thiophene rings is 1. The molecule has 2 rings (SSSR count). The molecule has 0 spiro atoms. The van der Waals surface area contributed by atoms with Crippen LogP contribution in [0.25, 0.3) is 11.1 Å². The maximum absolute atomic E-state index is 11.5. The summed E-state index contributed by atoms with van der Waals surface area (Å²) in [6.45, 7) is 3.96. The lowest BCUT2D eigenvalue weighted by Crippen LogP contribution is -2.05. The Balaban J connectivity index is 2.28. The molecule has 1 aromatic heterocycles. The lowest BCUT2D eigenvalue weighted by atomic mass is 10.1. The van der Waals surface area contributed by atoms with Gasteiger partial charge in [-0.25, -0.2) is 4.79 Å². The number of benzene rings is 1. The van der Waals surface area contributed by atoms with Crippen molar-refractivity contribution in [2.75, 3.05) is 12.8 Å². The molecule has 2 N–H and O–H groups in total. The summed E-state index contributed by atoms with van der Waals surface area (Å²) >= 11 is 1.29. The van der Waals surface area contributed by atoms with Crippen molar-refractivity contribution in [1.82, 2.24) is 0 Å². The molecule has 0 fully saturated rings. The third-order valence-corrected chi connectivity index (χ3v) is 3.71. The van der Waals surface area contributed by atoms with Crippen LogP contribution in [0.15, 0.2) is 29.6 Å². The highest BCUT2D eigenvalue weighted by Crippen LogP contribution is 2.35. The average molecular weight is 291 g/mol. The molecular weight excluding hydrogens is 274 g/mol. The molecule has 5 heteroatoms. The zero-order valence-electron chi connectivity index (χ0n) is 11.7. The Kier molecular flexibility index (Phi) is 4.29. The maximum Gasteiger partial charge on any atom is 0.350 e. The second-order valence-electron chi connectivity index (χ2n) is 4.57. The monoisotopic (exact) mass is 291 g/mol. The third-order valence-electron chi connectivity index (χ3n) is 2.74. The molecule has 0 aliphatic rings. The Morgan fingerprint density at radius 3 is 2.45 bits per heavy atom. The van der Waals surface area contributed by atoms with Crippen molar-refractivity contribution in [2.24, 2.45) is 0 Å². The van der Waals surface area contributed by atoms with E-state index in [1.54, 1.807) is 0 Å². The van der Waals surface area contributed by atoms with Crippen LogP contribution in [-0.2, 0) is 4.74 Å². The van der Waals surface area contributed by atoms with Crippen LogP contribution in [0.4, 0.5) is 5.69 Å². The molecule has 1 aromatic carbocycles. The molecule has 106 valence electrons. The third kappa shape index (κ3) is 2.93. The van der Waals surface area contributed by atoms with Crippen molar-refractivity contribution < 1.29 is 14.3 Å². The highest BCUT2D eigenvalue weighted by Gasteiger charge is 2.17. The first-order valence-corrected chi connectivity index (χ1v) is 7.13. The summed E-state index contributed by atoms with van der Waals surface area (Å²) in [5.41, 5.74) is 8.26. The summed E-state index contributed by atoms with van der Waals surface area (Å²) in [4.78, 5) is 12.0. The lowest BCUT2D eigenvalue weighted by Gasteiger charge is -2.10. The van der Waals surface area contributed by atoms with Crippen LogP contribution in [0, 0.1) is 0 Å². The van der Waals surface area contributed by atoms with Crippen LogP contribution < -0.4 is 10.5 Å². The normalized spacial score (nSPS) is 10.6. The molecule has 0 amide bonds. The molecule has 0 atom stereocenters. The molecule has 0 aliphatic carbocycles. The number of esters is 1. The van der Waals surface area contributed by atoms with Crippen molar-refractivity contribution in [3.8, 4) is 16.9 Å². The molecule has 0 saturated heterocycles. The van der Waals surface area contributed by atoms with Gasteiger partial charge in [0, 0.05) is 10.9 Å². The van der Waals surface area contributed by atoms with Gasteiger partial charge in [-0.05, 0) is 31.5 Å². The van der Waals surface area contributed by atoms with E-state index in [-0.39, 0.29) is 6.10 Å². The number of anilines is 1. The minimum absolute atomic E-state index is 0.137. The molecule has 2 aromatic rings. The Bertz CT molecular complexity index is 602. The van der Waals surface area contributed by atoms with Crippen molar-refractivity contribution in [2.45, 2.75) is 20.0 Å². The molecule has 0 radical (unpaired) electrons. The number of carbonyl (C=O) groups is 1. The van der Waals surface area contributed by atoms with Gasteiger partial charge in [-0.15, -0.1) is 11.3 Å². The second kappa shape index (κ2) is 5.96. The summed E-state index contributed by atoms with van der Waals surface area (Å²) in [7, 11) is 1.35. The number of methoxy groups -OCH3 is 1. The van der Waals surface area contributed by atoms with Crippen LogP contribution in [-0.4, -0.2) is 19.2 Å². The number of carbonyl (C=O) groups excluding carboxylic acids is 1. The van der Waals surface area contributed by atoms with Gasteiger partial charge >= 0.3 is 5.97 Å². The van der Waals surface area contributed by atoms with Crippen LogP contribution in [0.1, 0.15) is 23.5 Å². The number of hydrogen-bond donors (Lipinski definition) is 1. The van der Waals surface area contributed by atoms with Crippen LogP contribution in [0.2, 0.25) is 0 Å². The summed E-state index contributed by atoms with van der Waals surface area (Å²) in [5.74, 6) is 0.407. The van der Waals surface area contributed by atoms with Crippen molar-refractivity contribution >= 4 is 23.0 Å². The van der Waals surface area contributed by atoms with E-state index in [9.17, 15) is 4.79 Å². The molecule has 0 saturated carbocycles. The first-order valence-electron chi connectivity index (χ1n) is 6.25. The SMILES string of the molecule is COC(=O)c1scc(-c2ccc(OC(C)C)cc2)c1N. The van der Waals surface area contributed by atoms with E-state index < -0.39 is 5.97 Å². The molecule has 0 aliphatic heterocycles. The van der Waals surface area contributed by atoms with E-state index in [2.05, 4.69) is 0 Å². The fourth-order valence-corrected chi connectivity index (χ4v) is 2.74. The van der Waals surface area contributed by atoms with E-state index in [1.165, 1.54) is 18.4 Å². The molecule has 1 heterocycles. The van der Waals surface area contributed by atoms with Crippen molar-refractivity contribution in [1.29, 1.82) is 0 Å². The van der Waals surface area contributed by atoms with Gasteiger partial charge in [0.2, 0.25) is 0 Å². The minimum atomic E-state index is -0.404. The molecule has 20 heavy (non-hydrogen) atoms. The smallest absolute Gasteiger partial charge is 0.350 e. The van der Waals surface area contributed by atoms with Crippen molar-refractivity contribution in [3.63, 3.8) is 0 Å². The fraction of sp³-hybridized carbons (Fsp3) is 0.267. The molecular formula is C15H17NO3S. The van der Waals surface area contributed by atoms with Crippen LogP contribution >= 0.6 is 11.3 Å². The lowest BCUT2D eigenvalue weighted by molar-refractivity contribution is 0.0607. The molecule has 4 nitrogen and oxygen atoms in total. The maximum atomic E-state index is 11.5. The van der Waals surface area contributed by atoms with Gasteiger partial charge in [-0.1, -0.05) is 12.1 Å². The zero-order chi connectivity index (χ0) is 14.7. The fourth-order valence-electron chi connectivity index (χ4n) is 1.83. The van der Waals surface area contributed by atoms with Crippen LogP contribution in [0.5, 0.6) is 5.75 Å². The summed E-state index contributed by atoms with van der Waals surface area (Å²) < 4.78 is 10.3. The van der Waals surface area contributed by atoms with Gasteiger partial charge in [-0.2, -0.15) is 0 Å². The minimum Gasteiger partial charge on any atom is -0.491 e. The molecule has 0 unspecified atom stereocenters. The van der Waals surface area contributed by atoms with Crippen LogP contribution in [0.3, 0.4) is 0 Å². The first-order chi connectivity index (χ1) is 9.52. The topological polar surface area (TPSA) is 61.5 Å². The van der Waals surface area contributed by atoms with Gasteiger partial charge in [0.05, 0.1) is 18.9 Å². The Hall–Kier alpha value is -2.01. The van der Waals surface area contributed by atoms with E-state index in [1.807, 2.05) is 43.5 Å². The van der Waals surface area contributed by atoms with Gasteiger partial charge in [-0.3, -0.25) is 0 Å². The summed E-state index contributed by atoms with van der Waals surface area (Å²) in [5, 5.41) is 1.86. The Morgan fingerprint density at radius 2 is 1.90 bits per heavy atom. The number of ether oxygens (including phenoxy) is 2. The molecule has 0 bridgehead atoms. The van der Waals surface area contributed by atoms with Gasteiger partial charge in [0.15, 0.2) is 0 Å². The van der Waals surface area contributed by atoms with E-state index in [4.69, 9.17) is 15.2 Å². The van der Waals surface area contributed by atoms with Gasteiger partial charge in [0.25, 0.3) is 0 Å². The highest BCUT2D eigenvalue weighted by atomic mass is 32.1. The first kappa shape index (κ1) is 14.4. The summed E-state index contributed by atoms with van der Waals surface area (Å²) in [6.07, 6.45) is 0.137. The standard InChI is InChI=1S/C15H17NO3S/c1-9(2)19-11-6-4-10(5-7-11)12-8-20-14(13(12)16)15(17)18-3/h4-9H,16H2,1-3H3. The van der Waals surface area contributed by atoms with E-state index >= 15 is 0 Å². The number of nitrogen functional groups attached to an aromatic ring is 1.